The Labute approximate surface area is 121 Å². The number of pyridine rings is 1. The average molecular weight is 282 g/mol. The van der Waals surface area contributed by atoms with Gasteiger partial charge >= 0.3 is 0 Å². The van der Waals surface area contributed by atoms with Gasteiger partial charge in [0.25, 0.3) is 0 Å². The van der Waals surface area contributed by atoms with Crippen molar-refractivity contribution in [2.45, 2.75) is 58.9 Å². The number of alkyl halides is 1. The maximum absolute atomic E-state index is 6.16. The lowest BCUT2D eigenvalue weighted by atomic mass is 9.80. The Kier molecular flexibility index (Phi) is 4.72. The molecule has 2 rings (SSSR count). The first kappa shape index (κ1) is 14.6. The lowest BCUT2D eigenvalue weighted by Crippen LogP contribution is -2.29. The second-order valence-corrected chi connectivity index (χ2v) is 6.27. The van der Waals surface area contributed by atoms with Crippen LogP contribution in [0.15, 0.2) is 6.07 Å². The van der Waals surface area contributed by atoms with Crippen molar-refractivity contribution in [3.63, 3.8) is 0 Å². The zero-order chi connectivity index (χ0) is 14.0. The monoisotopic (exact) mass is 281 g/mol. The molecule has 0 spiro atoms. The molecule has 1 saturated carbocycles. The van der Waals surface area contributed by atoms with Crippen molar-refractivity contribution in [3.05, 3.63) is 22.9 Å². The summed E-state index contributed by atoms with van der Waals surface area (Å²) >= 11 is 6.04. The van der Waals surface area contributed by atoms with Crippen molar-refractivity contribution < 1.29 is 4.74 Å². The van der Waals surface area contributed by atoms with E-state index in [4.69, 9.17) is 16.3 Å². The van der Waals surface area contributed by atoms with Gasteiger partial charge in [-0.05, 0) is 56.6 Å². The van der Waals surface area contributed by atoms with Gasteiger partial charge in [0.1, 0.15) is 6.10 Å². The van der Waals surface area contributed by atoms with Crippen molar-refractivity contribution in [1.29, 1.82) is 0 Å². The summed E-state index contributed by atoms with van der Waals surface area (Å²) in [6.45, 7) is 8.73. The minimum atomic E-state index is 0.293. The van der Waals surface area contributed by atoms with E-state index in [0.717, 1.165) is 41.8 Å². The lowest BCUT2D eigenvalue weighted by molar-refractivity contribution is 0.0955. The highest BCUT2D eigenvalue weighted by Crippen LogP contribution is 2.33. The Morgan fingerprint density at radius 3 is 2.63 bits per heavy atom. The van der Waals surface area contributed by atoms with Crippen LogP contribution in [-0.4, -0.2) is 11.1 Å². The highest BCUT2D eigenvalue weighted by molar-refractivity contribution is 6.17. The fourth-order valence-corrected chi connectivity index (χ4v) is 3.18. The fourth-order valence-electron chi connectivity index (χ4n) is 2.85. The first-order valence-corrected chi connectivity index (χ1v) is 7.74. The number of rotatable bonds is 3. The first-order valence-electron chi connectivity index (χ1n) is 7.21. The van der Waals surface area contributed by atoms with E-state index >= 15 is 0 Å². The van der Waals surface area contributed by atoms with Gasteiger partial charge in [0, 0.05) is 11.3 Å². The normalized spacial score (nSPS) is 27.3. The van der Waals surface area contributed by atoms with Crippen LogP contribution in [0.1, 0.15) is 49.9 Å². The molecule has 0 amide bonds. The molecular weight excluding hydrogens is 258 g/mol. The van der Waals surface area contributed by atoms with Crippen LogP contribution in [0.3, 0.4) is 0 Å². The SMILES string of the molecule is Cc1cc(C)c(CCl)c(OC2CCC(C)C(C)C2)n1. The third-order valence-corrected chi connectivity index (χ3v) is 4.67. The molecule has 1 heterocycles. The van der Waals surface area contributed by atoms with Crippen molar-refractivity contribution >= 4 is 11.6 Å². The fraction of sp³-hybridized carbons (Fsp3) is 0.688. The van der Waals surface area contributed by atoms with Gasteiger partial charge in [-0.25, -0.2) is 4.98 Å². The van der Waals surface area contributed by atoms with E-state index < -0.39 is 0 Å². The molecule has 3 atom stereocenters. The second kappa shape index (κ2) is 6.13. The molecule has 0 N–H and O–H groups in total. The molecule has 1 fully saturated rings. The zero-order valence-corrected chi connectivity index (χ0v) is 13.1. The van der Waals surface area contributed by atoms with Gasteiger partial charge < -0.3 is 4.74 Å². The van der Waals surface area contributed by atoms with E-state index in [1.54, 1.807) is 0 Å². The highest BCUT2D eigenvalue weighted by atomic mass is 35.5. The average Bonchev–Trinajstić information content (AvgIpc) is 2.33. The van der Waals surface area contributed by atoms with E-state index in [-0.39, 0.29) is 0 Å². The summed E-state index contributed by atoms with van der Waals surface area (Å²) in [5, 5.41) is 0. The molecule has 3 heteroatoms. The summed E-state index contributed by atoms with van der Waals surface area (Å²) in [7, 11) is 0. The number of ether oxygens (including phenoxy) is 1. The molecule has 3 unspecified atom stereocenters. The molecule has 0 bridgehead atoms. The molecule has 0 radical (unpaired) electrons. The molecule has 1 aromatic rings. The lowest BCUT2D eigenvalue weighted by Gasteiger charge is -2.32. The largest absolute Gasteiger partial charge is 0.474 e. The number of hydrogen-bond donors (Lipinski definition) is 0. The summed E-state index contributed by atoms with van der Waals surface area (Å²) in [6, 6.07) is 2.07. The first-order chi connectivity index (χ1) is 9.01. The van der Waals surface area contributed by atoms with Crippen LogP contribution in [0, 0.1) is 25.7 Å². The van der Waals surface area contributed by atoms with Gasteiger partial charge in [0.15, 0.2) is 0 Å². The maximum atomic E-state index is 6.16. The molecule has 1 aromatic heterocycles. The number of nitrogens with zero attached hydrogens (tertiary/aromatic N) is 1. The van der Waals surface area contributed by atoms with E-state index in [0.29, 0.717) is 12.0 Å². The highest BCUT2D eigenvalue weighted by Gasteiger charge is 2.26. The number of hydrogen-bond acceptors (Lipinski definition) is 2. The van der Waals surface area contributed by atoms with Gasteiger partial charge in [-0.1, -0.05) is 13.8 Å². The molecule has 106 valence electrons. The molecule has 0 aromatic carbocycles. The van der Waals surface area contributed by atoms with E-state index in [9.17, 15) is 0 Å². The van der Waals surface area contributed by atoms with Crippen LogP contribution in [0.4, 0.5) is 0 Å². The predicted octanol–water partition coefficient (Wildman–Crippen LogP) is 4.64. The third-order valence-electron chi connectivity index (χ3n) is 4.40. The second-order valence-electron chi connectivity index (χ2n) is 6.01. The summed E-state index contributed by atoms with van der Waals surface area (Å²) in [6.07, 6.45) is 3.79. The zero-order valence-electron chi connectivity index (χ0n) is 12.4. The van der Waals surface area contributed by atoms with Crippen molar-refractivity contribution in [2.24, 2.45) is 11.8 Å². The Balaban J connectivity index is 2.15. The third kappa shape index (κ3) is 3.42. The summed E-state index contributed by atoms with van der Waals surface area (Å²) in [5.41, 5.74) is 3.21. The summed E-state index contributed by atoms with van der Waals surface area (Å²) < 4.78 is 6.16. The van der Waals surface area contributed by atoms with Crippen LogP contribution in [0.2, 0.25) is 0 Å². The quantitative estimate of drug-likeness (QED) is 0.753. The van der Waals surface area contributed by atoms with Crippen LogP contribution in [0.5, 0.6) is 5.88 Å². The van der Waals surface area contributed by atoms with Gasteiger partial charge in [-0.15, -0.1) is 11.6 Å². The number of halogens is 1. The molecule has 0 aliphatic heterocycles. The standard InChI is InChI=1S/C16H24ClNO/c1-10-5-6-14(8-11(10)2)19-16-15(9-17)12(3)7-13(4)18-16/h7,10-11,14H,5-6,8-9H2,1-4H3. The summed E-state index contributed by atoms with van der Waals surface area (Å²) in [5.74, 6) is 2.75. The Morgan fingerprint density at radius 1 is 1.26 bits per heavy atom. The molecule has 0 saturated heterocycles. The number of aromatic nitrogens is 1. The Morgan fingerprint density at radius 2 is 2.00 bits per heavy atom. The van der Waals surface area contributed by atoms with E-state index in [1.165, 1.54) is 12.0 Å². The number of aryl methyl sites for hydroxylation is 2. The molecular formula is C16H24ClNO. The minimum absolute atomic E-state index is 0.293. The maximum Gasteiger partial charge on any atom is 0.218 e. The Bertz CT molecular complexity index is 447. The van der Waals surface area contributed by atoms with Crippen molar-refractivity contribution in [1.82, 2.24) is 4.98 Å². The van der Waals surface area contributed by atoms with Gasteiger partial charge in [0.05, 0.1) is 5.88 Å². The topological polar surface area (TPSA) is 22.1 Å². The van der Waals surface area contributed by atoms with Crippen LogP contribution < -0.4 is 4.74 Å². The van der Waals surface area contributed by atoms with E-state index in [1.807, 2.05) is 6.92 Å². The smallest absolute Gasteiger partial charge is 0.218 e. The van der Waals surface area contributed by atoms with Gasteiger partial charge in [-0.3, -0.25) is 0 Å². The van der Waals surface area contributed by atoms with Gasteiger partial charge in [0.2, 0.25) is 5.88 Å². The minimum Gasteiger partial charge on any atom is -0.474 e. The molecule has 1 aliphatic carbocycles. The molecule has 2 nitrogen and oxygen atoms in total. The van der Waals surface area contributed by atoms with Crippen LogP contribution in [0.25, 0.3) is 0 Å². The summed E-state index contributed by atoms with van der Waals surface area (Å²) in [4.78, 5) is 4.54. The van der Waals surface area contributed by atoms with Gasteiger partial charge in [-0.2, -0.15) is 0 Å². The predicted molar refractivity (Wildman–Crippen MR) is 79.9 cm³/mol. The molecule has 1 aliphatic rings. The Hall–Kier alpha value is -0.760. The van der Waals surface area contributed by atoms with Crippen molar-refractivity contribution in [3.8, 4) is 5.88 Å². The van der Waals surface area contributed by atoms with E-state index in [2.05, 4.69) is 31.8 Å². The molecule has 19 heavy (non-hydrogen) atoms. The van der Waals surface area contributed by atoms with Crippen molar-refractivity contribution in [2.75, 3.05) is 0 Å². The van der Waals surface area contributed by atoms with Crippen LogP contribution in [-0.2, 0) is 5.88 Å². The van der Waals surface area contributed by atoms with Crippen LogP contribution >= 0.6 is 11.6 Å².